The minimum Gasteiger partial charge on any atom is -0.466 e. The van der Waals surface area contributed by atoms with Crippen LogP contribution in [0.2, 0.25) is 0 Å². The third-order valence-electron chi connectivity index (χ3n) is 2.37. The monoisotopic (exact) mass is 229 g/mol. The molecule has 1 rings (SSSR count). The first-order chi connectivity index (χ1) is 7.61. The molecule has 0 aliphatic carbocycles. The second-order valence-corrected chi connectivity index (χ2v) is 3.94. The van der Waals surface area contributed by atoms with E-state index < -0.39 is 5.97 Å². The molecule has 1 aliphatic rings. The summed E-state index contributed by atoms with van der Waals surface area (Å²) in [5.41, 5.74) is 0. The van der Waals surface area contributed by atoms with Crippen molar-refractivity contribution >= 4 is 11.8 Å². The van der Waals surface area contributed by atoms with Crippen LogP contribution in [0.15, 0.2) is 0 Å². The zero-order chi connectivity index (χ0) is 12.0. The van der Waals surface area contributed by atoms with Gasteiger partial charge in [-0.3, -0.25) is 14.5 Å². The Morgan fingerprint density at radius 2 is 2.25 bits per heavy atom. The van der Waals surface area contributed by atoms with E-state index in [4.69, 9.17) is 9.47 Å². The molecule has 1 saturated heterocycles. The number of rotatable bonds is 5. The number of hydrogen-bond acceptors (Lipinski definition) is 5. The number of ketones is 1. The van der Waals surface area contributed by atoms with E-state index in [1.54, 1.807) is 6.92 Å². The Morgan fingerprint density at radius 1 is 1.50 bits per heavy atom. The van der Waals surface area contributed by atoms with E-state index in [0.29, 0.717) is 19.8 Å². The first-order valence-electron chi connectivity index (χ1n) is 5.63. The van der Waals surface area contributed by atoms with Gasteiger partial charge in [0.15, 0.2) is 5.78 Å². The van der Waals surface area contributed by atoms with Gasteiger partial charge in [0.05, 0.1) is 25.9 Å². The van der Waals surface area contributed by atoms with Crippen LogP contribution in [0.4, 0.5) is 0 Å². The van der Waals surface area contributed by atoms with E-state index in [0.717, 1.165) is 13.1 Å². The Kier molecular flexibility index (Phi) is 5.42. The number of Topliss-reactive ketones (excluding diaryl/α,β-unsaturated/α-hetero) is 1. The summed E-state index contributed by atoms with van der Waals surface area (Å²) in [7, 11) is 0. The fourth-order valence-electron chi connectivity index (χ4n) is 1.71. The highest BCUT2D eigenvalue weighted by Gasteiger charge is 2.20. The van der Waals surface area contributed by atoms with Crippen molar-refractivity contribution in [2.45, 2.75) is 26.4 Å². The van der Waals surface area contributed by atoms with Crippen molar-refractivity contribution in [3.63, 3.8) is 0 Å². The van der Waals surface area contributed by atoms with Crippen LogP contribution in [0.5, 0.6) is 0 Å². The second kappa shape index (κ2) is 6.60. The quantitative estimate of drug-likeness (QED) is 0.499. The van der Waals surface area contributed by atoms with Crippen molar-refractivity contribution in [1.82, 2.24) is 4.90 Å². The molecule has 0 N–H and O–H groups in total. The minimum absolute atomic E-state index is 0.0902. The van der Waals surface area contributed by atoms with E-state index in [1.165, 1.54) is 0 Å². The van der Waals surface area contributed by atoms with Crippen LogP contribution in [-0.4, -0.2) is 55.6 Å². The van der Waals surface area contributed by atoms with E-state index >= 15 is 0 Å². The van der Waals surface area contributed by atoms with Crippen molar-refractivity contribution < 1.29 is 19.1 Å². The van der Waals surface area contributed by atoms with Crippen molar-refractivity contribution in [2.24, 2.45) is 0 Å². The molecule has 1 fully saturated rings. The average molecular weight is 229 g/mol. The number of hydrogen-bond donors (Lipinski definition) is 0. The number of carbonyl (C=O) groups excluding carboxylic acids is 2. The first kappa shape index (κ1) is 13.1. The van der Waals surface area contributed by atoms with Crippen molar-refractivity contribution in [1.29, 1.82) is 0 Å². The maximum absolute atomic E-state index is 11.5. The lowest BCUT2D eigenvalue weighted by Gasteiger charge is -2.30. The molecule has 1 unspecified atom stereocenters. The highest BCUT2D eigenvalue weighted by Crippen LogP contribution is 2.04. The Hall–Kier alpha value is -0.940. The summed E-state index contributed by atoms with van der Waals surface area (Å²) in [5.74, 6) is -0.527. The molecule has 16 heavy (non-hydrogen) atoms. The van der Waals surface area contributed by atoms with Gasteiger partial charge in [0.25, 0.3) is 0 Å². The predicted molar refractivity (Wildman–Crippen MR) is 58.1 cm³/mol. The van der Waals surface area contributed by atoms with Gasteiger partial charge in [0, 0.05) is 13.1 Å². The van der Waals surface area contributed by atoms with E-state index in [2.05, 4.69) is 0 Å². The van der Waals surface area contributed by atoms with Crippen LogP contribution in [-0.2, 0) is 19.1 Å². The number of ether oxygens (including phenoxy) is 2. The molecule has 92 valence electrons. The number of carbonyl (C=O) groups is 2. The Morgan fingerprint density at radius 3 is 2.88 bits per heavy atom. The fourth-order valence-corrected chi connectivity index (χ4v) is 1.71. The summed E-state index contributed by atoms with van der Waals surface area (Å²) in [6, 6.07) is 0. The fraction of sp³-hybridized carbons (Fsp3) is 0.818. The van der Waals surface area contributed by atoms with E-state index in [-0.39, 0.29) is 18.3 Å². The Labute approximate surface area is 95.7 Å². The summed E-state index contributed by atoms with van der Waals surface area (Å²) in [6.45, 7) is 6.47. The molecule has 0 aromatic carbocycles. The van der Waals surface area contributed by atoms with Gasteiger partial charge in [-0.15, -0.1) is 0 Å². The van der Waals surface area contributed by atoms with Crippen molar-refractivity contribution in [3.05, 3.63) is 0 Å². The van der Waals surface area contributed by atoms with E-state index in [9.17, 15) is 9.59 Å². The maximum atomic E-state index is 11.5. The molecule has 5 nitrogen and oxygen atoms in total. The van der Waals surface area contributed by atoms with Crippen molar-refractivity contribution in [2.75, 3.05) is 32.8 Å². The van der Waals surface area contributed by atoms with Crippen LogP contribution in [0.3, 0.4) is 0 Å². The van der Waals surface area contributed by atoms with Gasteiger partial charge < -0.3 is 9.47 Å². The molecule has 0 spiro atoms. The molecule has 5 heteroatoms. The normalized spacial score (nSPS) is 21.8. The summed E-state index contributed by atoms with van der Waals surface area (Å²) in [6.07, 6.45) is 0.0312. The van der Waals surface area contributed by atoms with Crippen LogP contribution in [0, 0.1) is 0 Å². The topological polar surface area (TPSA) is 55.8 Å². The van der Waals surface area contributed by atoms with Crippen LogP contribution < -0.4 is 0 Å². The van der Waals surface area contributed by atoms with Gasteiger partial charge in [-0.05, 0) is 13.8 Å². The maximum Gasteiger partial charge on any atom is 0.313 e. The molecular weight excluding hydrogens is 210 g/mol. The zero-order valence-electron chi connectivity index (χ0n) is 9.90. The summed E-state index contributed by atoms with van der Waals surface area (Å²) in [5, 5.41) is 0. The molecular formula is C11H19NO4. The Balaban J connectivity index is 2.25. The number of esters is 1. The predicted octanol–water partition coefficient (Wildman–Crippen LogP) is 0.229. The van der Waals surface area contributed by atoms with Crippen LogP contribution >= 0.6 is 0 Å². The van der Waals surface area contributed by atoms with Crippen LogP contribution in [0.1, 0.15) is 20.3 Å². The summed E-state index contributed by atoms with van der Waals surface area (Å²) < 4.78 is 10.1. The SMILES string of the molecule is CCOC(=O)CC(=O)CN1CCOC(C)C1. The molecule has 0 aromatic heterocycles. The molecule has 1 heterocycles. The zero-order valence-corrected chi connectivity index (χ0v) is 9.90. The van der Waals surface area contributed by atoms with Crippen molar-refractivity contribution in [3.8, 4) is 0 Å². The molecule has 1 aliphatic heterocycles. The molecule has 0 bridgehead atoms. The number of morpholine rings is 1. The second-order valence-electron chi connectivity index (χ2n) is 3.94. The van der Waals surface area contributed by atoms with Gasteiger partial charge in [-0.25, -0.2) is 0 Å². The van der Waals surface area contributed by atoms with Crippen LogP contribution in [0.25, 0.3) is 0 Å². The van der Waals surface area contributed by atoms with Gasteiger partial charge >= 0.3 is 5.97 Å². The molecule has 1 atom stereocenters. The van der Waals surface area contributed by atoms with E-state index in [1.807, 2.05) is 11.8 Å². The lowest BCUT2D eigenvalue weighted by atomic mass is 10.2. The molecule has 0 aromatic rings. The largest absolute Gasteiger partial charge is 0.466 e. The van der Waals surface area contributed by atoms with Gasteiger partial charge in [0.2, 0.25) is 0 Å². The highest BCUT2D eigenvalue weighted by molar-refractivity contribution is 5.96. The molecule has 0 amide bonds. The smallest absolute Gasteiger partial charge is 0.313 e. The summed E-state index contributed by atoms with van der Waals surface area (Å²) >= 11 is 0. The third-order valence-corrected chi connectivity index (χ3v) is 2.37. The number of nitrogens with zero attached hydrogens (tertiary/aromatic N) is 1. The Bertz CT molecular complexity index is 254. The third kappa shape index (κ3) is 4.72. The molecule has 0 radical (unpaired) electrons. The molecule has 0 saturated carbocycles. The average Bonchev–Trinajstić information content (AvgIpc) is 2.17. The van der Waals surface area contributed by atoms with Gasteiger partial charge in [-0.2, -0.15) is 0 Å². The lowest BCUT2D eigenvalue weighted by molar-refractivity contribution is -0.146. The van der Waals surface area contributed by atoms with Gasteiger partial charge in [-0.1, -0.05) is 0 Å². The summed E-state index contributed by atoms with van der Waals surface area (Å²) in [4.78, 5) is 24.6. The standard InChI is InChI=1S/C11H19NO4/c1-3-15-11(14)6-10(13)8-12-4-5-16-9(2)7-12/h9H,3-8H2,1-2H3. The highest BCUT2D eigenvalue weighted by atomic mass is 16.5. The lowest BCUT2D eigenvalue weighted by Crippen LogP contribution is -2.43. The minimum atomic E-state index is -0.436. The first-order valence-corrected chi connectivity index (χ1v) is 5.63. The van der Waals surface area contributed by atoms with Gasteiger partial charge in [0.1, 0.15) is 6.42 Å².